The number of aromatic nitrogens is 2. The van der Waals surface area contributed by atoms with Crippen LogP contribution < -0.4 is 20.1 Å². The van der Waals surface area contributed by atoms with E-state index in [1.54, 1.807) is 25.3 Å². The fourth-order valence-corrected chi connectivity index (χ4v) is 3.59. The van der Waals surface area contributed by atoms with Crippen molar-refractivity contribution in [3.8, 4) is 11.5 Å². The van der Waals surface area contributed by atoms with Crippen molar-refractivity contribution in [2.24, 2.45) is 5.92 Å². The van der Waals surface area contributed by atoms with Crippen LogP contribution in [-0.2, 0) is 0 Å². The maximum atomic E-state index is 14.2. The van der Waals surface area contributed by atoms with Gasteiger partial charge < -0.3 is 20.1 Å². The van der Waals surface area contributed by atoms with Gasteiger partial charge in [0.15, 0.2) is 11.5 Å². The number of nitrogens with one attached hydrogen (secondary N) is 2. The molecule has 2 heterocycles. The molecule has 0 spiro atoms. The quantitative estimate of drug-likeness (QED) is 0.614. The number of fused-ring (bicyclic) bond motifs is 1. The van der Waals surface area contributed by atoms with E-state index in [2.05, 4.69) is 20.6 Å². The van der Waals surface area contributed by atoms with Crippen LogP contribution in [0.4, 0.5) is 15.9 Å². The van der Waals surface area contributed by atoms with Crippen LogP contribution >= 0.6 is 11.6 Å². The largest absolute Gasteiger partial charge is 0.493 e. The molecule has 1 saturated heterocycles. The molecule has 1 aliphatic rings. The number of anilines is 2. The zero-order valence-corrected chi connectivity index (χ0v) is 16.8. The Bertz CT molecular complexity index is 1010. The van der Waals surface area contributed by atoms with Crippen molar-refractivity contribution < 1.29 is 13.9 Å². The lowest BCUT2D eigenvalue weighted by molar-refractivity contribution is 0.211. The fraction of sp³-hybridized carbons (Fsp3) is 0.333. The normalized spacial score (nSPS) is 16.6. The highest BCUT2D eigenvalue weighted by Gasteiger charge is 2.17. The highest BCUT2D eigenvalue weighted by molar-refractivity contribution is 6.30. The van der Waals surface area contributed by atoms with Crippen LogP contribution in [0.25, 0.3) is 10.9 Å². The first kappa shape index (κ1) is 19.7. The molecule has 1 aliphatic heterocycles. The van der Waals surface area contributed by atoms with Crippen molar-refractivity contribution >= 4 is 34.0 Å². The number of hydrogen-bond donors (Lipinski definition) is 2. The SMILES string of the molecule is COc1cc2c(Nc3ccc(Cl)cc3F)ncnc2cc1OC[C@@H]1CCCNC1. The maximum absolute atomic E-state index is 14.2. The molecule has 0 aliphatic carbocycles. The minimum Gasteiger partial charge on any atom is -0.493 e. The van der Waals surface area contributed by atoms with Crippen LogP contribution in [0, 0.1) is 11.7 Å². The first-order valence-electron chi connectivity index (χ1n) is 9.52. The number of rotatable bonds is 6. The van der Waals surface area contributed by atoms with Gasteiger partial charge in [-0.05, 0) is 43.7 Å². The third-order valence-corrected chi connectivity index (χ3v) is 5.21. The molecule has 0 radical (unpaired) electrons. The summed E-state index contributed by atoms with van der Waals surface area (Å²) >= 11 is 5.83. The Labute approximate surface area is 173 Å². The van der Waals surface area contributed by atoms with Crippen LogP contribution in [0.1, 0.15) is 12.8 Å². The summed E-state index contributed by atoms with van der Waals surface area (Å²) in [6.07, 6.45) is 3.73. The van der Waals surface area contributed by atoms with Crippen LogP contribution in [0.15, 0.2) is 36.7 Å². The molecule has 2 N–H and O–H groups in total. The Morgan fingerprint density at radius 2 is 2.14 bits per heavy atom. The Balaban J connectivity index is 1.62. The molecule has 152 valence electrons. The van der Waals surface area contributed by atoms with Gasteiger partial charge in [0.25, 0.3) is 0 Å². The second kappa shape index (κ2) is 8.80. The number of piperidine rings is 1. The van der Waals surface area contributed by atoms with E-state index in [-0.39, 0.29) is 5.69 Å². The average molecular weight is 417 g/mol. The summed E-state index contributed by atoms with van der Waals surface area (Å²) in [6, 6.07) is 8.07. The van der Waals surface area contributed by atoms with Crippen molar-refractivity contribution in [3.05, 3.63) is 47.5 Å². The lowest BCUT2D eigenvalue weighted by Crippen LogP contribution is -2.33. The van der Waals surface area contributed by atoms with Gasteiger partial charge in [0.05, 0.1) is 24.9 Å². The second-order valence-corrected chi connectivity index (χ2v) is 7.45. The Kier molecular flexibility index (Phi) is 5.97. The summed E-state index contributed by atoms with van der Waals surface area (Å²) < 4.78 is 25.8. The van der Waals surface area contributed by atoms with E-state index in [1.165, 1.54) is 12.4 Å². The lowest BCUT2D eigenvalue weighted by Gasteiger charge is -2.23. The van der Waals surface area contributed by atoms with Crippen molar-refractivity contribution in [1.29, 1.82) is 0 Å². The lowest BCUT2D eigenvalue weighted by atomic mass is 10.0. The molecule has 2 aromatic carbocycles. The van der Waals surface area contributed by atoms with Gasteiger partial charge in [0.1, 0.15) is 18.0 Å². The predicted molar refractivity (Wildman–Crippen MR) is 112 cm³/mol. The molecular formula is C21H22ClFN4O2. The van der Waals surface area contributed by atoms with Gasteiger partial charge in [-0.2, -0.15) is 0 Å². The average Bonchev–Trinajstić information content (AvgIpc) is 2.74. The summed E-state index contributed by atoms with van der Waals surface area (Å²) in [5.74, 6) is 1.69. The second-order valence-electron chi connectivity index (χ2n) is 7.02. The minimum atomic E-state index is -0.461. The molecule has 6 nitrogen and oxygen atoms in total. The number of nitrogens with zero attached hydrogens (tertiary/aromatic N) is 2. The molecular weight excluding hydrogens is 395 g/mol. The van der Waals surface area contributed by atoms with E-state index in [9.17, 15) is 4.39 Å². The van der Waals surface area contributed by atoms with E-state index in [0.29, 0.717) is 45.8 Å². The summed E-state index contributed by atoms with van der Waals surface area (Å²) in [5, 5.41) is 7.43. The number of ether oxygens (including phenoxy) is 2. The summed E-state index contributed by atoms with van der Waals surface area (Å²) in [4.78, 5) is 8.60. The monoisotopic (exact) mass is 416 g/mol. The van der Waals surface area contributed by atoms with Gasteiger partial charge in [-0.1, -0.05) is 11.6 Å². The molecule has 1 aromatic heterocycles. The smallest absolute Gasteiger partial charge is 0.163 e. The Morgan fingerprint density at radius 1 is 1.24 bits per heavy atom. The Morgan fingerprint density at radius 3 is 2.90 bits per heavy atom. The topological polar surface area (TPSA) is 68.3 Å². The van der Waals surface area contributed by atoms with Crippen molar-refractivity contribution in [1.82, 2.24) is 15.3 Å². The van der Waals surface area contributed by atoms with E-state index in [0.717, 1.165) is 25.9 Å². The van der Waals surface area contributed by atoms with Gasteiger partial charge >= 0.3 is 0 Å². The Hall–Kier alpha value is -2.64. The van der Waals surface area contributed by atoms with Crippen LogP contribution in [-0.4, -0.2) is 36.8 Å². The van der Waals surface area contributed by atoms with Gasteiger partial charge in [-0.3, -0.25) is 0 Å². The van der Waals surface area contributed by atoms with Crippen LogP contribution in [0.2, 0.25) is 5.02 Å². The third kappa shape index (κ3) is 4.52. The molecule has 0 saturated carbocycles. The van der Waals surface area contributed by atoms with E-state index >= 15 is 0 Å². The fourth-order valence-electron chi connectivity index (χ4n) is 3.43. The van der Waals surface area contributed by atoms with Gasteiger partial charge in [0, 0.05) is 28.9 Å². The molecule has 0 unspecified atom stereocenters. The van der Waals surface area contributed by atoms with Crippen molar-refractivity contribution in [3.63, 3.8) is 0 Å². The highest BCUT2D eigenvalue weighted by Crippen LogP contribution is 2.35. The molecule has 1 fully saturated rings. The van der Waals surface area contributed by atoms with Crippen molar-refractivity contribution in [2.45, 2.75) is 12.8 Å². The third-order valence-electron chi connectivity index (χ3n) is 4.98. The molecule has 8 heteroatoms. The maximum Gasteiger partial charge on any atom is 0.163 e. The summed E-state index contributed by atoms with van der Waals surface area (Å²) in [5.41, 5.74) is 0.952. The minimum absolute atomic E-state index is 0.276. The number of benzene rings is 2. The standard InChI is InChI=1S/C21H22ClFN4O2/c1-28-19-8-15-18(9-20(19)29-11-13-3-2-6-24-10-13)25-12-26-21(15)27-17-5-4-14(22)7-16(17)23/h4-5,7-9,12-13,24H,2-3,6,10-11H2,1H3,(H,25,26,27)/t13-/m1/s1. The molecule has 3 aromatic rings. The van der Waals surface area contributed by atoms with Gasteiger partial charge in [-0.25, -0.2) is 14.4 Å². The first-order chi connectivity index (χ1) is 14.1. The number of methoxy groups -OCH3 is 1. The molecule has 0 amide bonds. The predicted octanol–water partition coefficient (Wildman–Crippen LogP) is 4.55. The van der Waals surface area contributed by atoms with Crippen LogP contribution in [0.3, 0.4) is 0 Å². The van der Waals surface area contributed by atoms with Crippen molar-refractivity contribution in [2.75, 3.05) is 32.1 Å². The first-order valence-corrected chi connectivity index (χ1v) is 9.90. The number of hydrogen-bond acceptors (Lipinski definition) is 6. The zero-order chi connectivity index (χ0) is 20.2. The highest BCUT2D eigenvalue weighted by atomic mass is 35.5. The molecule has 29 heavy (non-hydrogen) atoms. The van der Waals surface area contributed by atoms with Crippen LogP contribution in [0.5, 0.6) is 11.5 Å². The molecule has 4 rings (SSSR count). The number of halogens is 2. The molecule has 1 atom stereocenters. The van der Waals surface area contributed by atoms with Gasteiger partial charge in [-0.15, -0.1) is 0 Å². The van der Waals surface area contributed by atoms with E-state index < -0.39 is 5.82 Å². The summed E-state index contributed by atoms with van der Waals surface area (Å²) in [7, 11) is 1.59. The zero-order valence-electron chi connectivity index (χ0n) is 16.0. The van der Waals surface area contributed by atoms with Gasteiger partial charge in [0.2, 0.25) is 0 Å². The summed E-state index contributed by atoms with van der Waals surface area (Å²) in [6.45, 7) is 2.64. The van der Waals surface area contributed by atoms with E-state index in [4.69, 9.17) is 21.1 Å². The van der Waals surface area contributed by atoms with E-state index in [1.807, 2.05) is 6.07 Å². The molecule has 0 bridgehead atoms.